The van der Waals surface area contributed by atoms with Crippen molar-refractivity contribution in [3.05, 3.63) is 0 Å². The Hall–Kier alpha value is -0.390. The zero-order valence-corrected chi connectivity index (χ0v) is 7.22. The van der Waals surface area contributed by atoms with Crippen LogP contribution in [-0.4, -0.2) is 29.4 Å². The smallest absolute Gasteiger partial charge is 0.320 e. The highest BCUT2D eigenvalue weighted by Crippen LogP contribution is 2.01. The Kier molecular flexibility index (Phi) is 5.96. The first-order valence-electron chi connectivity index (χ1n) is 3.55. The number of carbonyl (C=O) groups is 1. The van der Waals surface area contributed by atoms with E-state index in [2.05, 4.69) is 5.32 Å². The molecule has 0 aromatic rings. The number of aliphatic carboxylic acids is 1. The van der Waals surface area contributed by atoms with Crippen LogP contribution in [0.3, 0.4) is 0 Å². The molecule has 0 aromatic heterocycles. The predicted octanol–water partition coefficient (Wildman–Crippen LogP) is 0.260. The number of rotatable bonds is 6. The average Bonchev–Trinajstić information content (AvgIpc) is 1.96. The van der Waals surface area contributed by atoms with Crippen LogP contribution in [-0.2, 0) is 4.79 Å². The molecule has 0 aliphatic heterocycles. The Morgan fingerprint density at radius 3 is 2.67 bits per heavy atom. The van der Waals surface area contributed by atoms with E-state index in [-0.39, 0.29) is 6.42 Å². The van der Waals surface area contributed by atoms with Crippen LogP contribution in [0, 0.1) is 0 Å². The number of halogens is 2. The Balaban J connectivity index is 3.78. The SMILES string of the molecule is NCCCC(NC(F)Cl)C(=O)O. The summed E-state index contributed by atoms with van der Waals surface area (Å²) in [4.78, 5) is 10.4. The molecule has 0 aliphatic carbocycles. The van der Waals surface area contributed by atoms with Crippen molar-refractivity contribution < 1.29 is 14.3 Å². The van der Waals surface area contributed by atoms with Gasteiger partial charge in [0.05, 0.1) is 0 Å². The summed E-state index contributed by atoms with van der Waals surface area (Å²) in [6.07, 6.45) is 0.798. The van der Waals surface area contributed by atoms with Crippen LogP contribution < -0.4 is 11.1 Å². The van der Waals surface area contributed by atoms with E-state index in [4.69, 9.17) is 22.4 Å². The van der Waals surface area contributed by atoms with Crippen LogP contribution >= 0.6 is 11.6 Å². The first-order chi connectivity index (χ1) is 5.57. The topological polar surface area (TPSA) is 75.3 Å². The van der Waals surface area contributed by atoms with Crippen LogP contribution in [0.15, 0.2) is 0 Å². The highest BCUT2D eigenvalue weighted by atomic mass is 35.5. The minimum Gasteiger partial charge on any atom is -0.480 e. The number of nitrogens with two attached hydrogens (primary N) is 1. The number of hydrogen-bond acceptors (Lipinski definition) is 3. The molecule has 6 heteroatoms. The molecule has 2 atom stereocenters. The van der Waals surface area contributed by atoms with E-state index < -0.39 is 17.8 Å². The average molecular weight is 199 g/mol. The molecule has 4 N–H and O–H groups in total. The second-order valence-corrected chi connectivity index (χ2v) is 2.67. The summed E-state index contributed by atoms with van der Waals surface area (Å²) in [5.74, 6) is -2.95. The molecule has 2 unspecified atom stereocenters. The van der Waals surface area contributed by atoms with E-state index in [1.165, 1.54) is 0 Å². The van der Waals surface area contributed by atoms with Crippen molar-refractivity contribution in [1.29, 1.82) is 0 Å². The molecule has 0 spiro atoms. The van der Waals surface area contributed by atoms with Crippen molar-refractivity contribution >= 4 is 17.6 Å². The van der Waals surface area contributed by atoms with E-state index in [0.717, 1.165) is 0 Å². The second kappa shape index (κ2) is 6.16. The minimum atomic E-state index is -1.83. The van der Waals surface area contributed by atoms with Crippen molar-refractivity contribution in [2.45, 2.75) is 24.6 Å². The molecule has 0 aliphatic rings. The molecule has 0 saturated carbocycles. The van der Waals surface area contributed by atoms with Crippen molar-refractivity contribution in [1.82, 2.24) is 5.32 Å². The molecule has 0 saturated heterocycles. The van der Waals surface area contributed by atoms with Gasteiger partial charge < -0.3 is 10.8 Å². The van der Waals surface area contributed by atoms with Crippen molar-refractivity contribution in [3.63, 3.8) is 0 Å². The van der Waals surface area contributed by atoms with Gasteiger partial charge in [0, 0.05) is 0 Å². The fourth-order valence-electron chi connectivity index (χ4n) is 0.752. The highest BCUT2D eigenvalue weighted by molar-refractivity contribution is 6.19. The van der Waals surface area contributed by atoms with Gasteiger partial charge in [-0.15, -0.1) is 0 Å². The molecule has 12 heavy (non-hydrogen) atoms. The van der Waals surface area contributed by atoms with Gasteiger partial charge in [-0.3, -0.25) is 10.1 Å². The van der Waals surface area contributed by atoms with Crippen molar-refractivity contribution in [2.75, 3.05) is 6.54 Å². The zero-order chi connectivity index (χ0) is 9.56. The van der Waals surface area contributed by atoms with Gasteiger partial charge in [0.25, 0.3) is 0 Å². The fourth-order valence-corrected chi connectivity index (χ4v) is 0.904. The monoisotopic (exact) mass is 198 g/mol. The Bertz CT molecular complexity index is 146. The van der Waals surface area contributed by atoms with Gasteiger partial charge in [-0.2, -0.15) is 0 Å². The summed E-state index contributed by atoms with van der Waals surface area (Å²) in [5, 5.41) is 10.6. The van der Waals surface area contributed by atoms with Crippen molar-refractivity contribution in [3.8, 4) is 0 Å². The maximum Gasteiger partial charge on any atom is 0.320 e. The lowest BCUT2D eigenvalue weighted by Gasteiger charge is -2.13. The number of carboxylic acid groups (broad SMARTS) is 1. The van der Waals surface area contributed by atoms with Crippen LogP contribution in [0.1, 0.15) is 12.8 Å². The van der Waals surface area contributed by atoms with Gasteiger partial charge in [-0.25, -0.2) is 4.39 Å². The summed E-state index contributed by atoms with van der Waals surface area (Å²) >= 11 is 4.92. The van der Waals surface area contributed by atoms with Crippen LogP contribution in [0.5, 0.6) is 0 Å². The Morgan fingerprint density at radius 1 is 1.75 bits per heavy atom. The van der Waals surface area contributed by atoms with Gasteiger partial charge in [0.15, 0.2) is 0 Å². The molecule has 4 nitrogen and oxygen atoms in total. The maximum absolute atomic E-state index is 12.1. The molecule has 0 bridgehead atoms. The van der Waals surface area contributed by atoms with Crippen LogP contribution in [0.25, 0.3) is 0 Å². The standard InChI is InChI=1S/C6H12ClFN2O2/c7-6(8)10-4(5(11)12)2-1-3-9/h4,6,10H,1-3,9H2,(H,11,12). The Labute approximate surface area is 74.9 Å². The minimum absolute atomic E-state index is 0.277. The number of carboxylic acids is 1. The van der Waals surface area contributed by atoms with E-state index in [1.807, 2.05) is 0 Å². The lowest BCUT2D eigenvalue weighted by atomic mass is 10.1. The Morgan fingerprint density at radius 2 is 2.33 bits per heavy atom. The summed E-state index contributed by atoms with van der Waals surface area (Å²) in [6.45, 7) is 0.380. The number of nitrogens with one attached hydrogen (secondary N) is 1. The van der Waals surface area contributed by atoms with E-state index in [1.54, 1.807) is 0 Å². The lowest BCUT2D eigenvalue weighted by molar-refractivity contribution is -0.140. The molecular formula is C6H12ClFN2O2. The normalized spacial score (nSPS) is 15.6. The quantitative estimate of drug-likeness (QED) is 0.423. The first kappa shape index (κ1) is 11.6. The molecule has 0 amide bonds. The van der Waals surface area contributed by atoms with Gasteiger partial charge in [-0.1, -0.05) is 11.6 Å². The molecule has 0 heterocycles. The predicted molar refractivity (Wildman–Crippen MR) is 43.6 cm³/mol. The molecular weight excluding hydrogens is 187 g/mol. The highest BCUT2D eigenvalue weighted by Gasteiger charge is 2.18. The van der Waals surface area contributed by atoms with E-state index >= 15 is 0 Å². The summed E-state index contributed by atoms with van der Waals surface area (Å²) in [6, 6.07) is -0.957. The third-order valence-electron chi connectivity index (χ3n) is 1.32. The maximum atomic E-state index is 12.1. The van der Waals surface area contributed by atoms with Crippen molar-refractivity contribution in [2.24, 2.45) is 5.73 Å². The van der Waals surface area contributed by atoms with E-state index in [0.29, 0.717) is 13.0 Å². The van der Waals surface area contributed by atoms with Gasteiger partial charge in [-0.05, 0) is 19.4 Å². The number of alkyl halides is 2. The molecule has 0 radical (unpaired) electrons. The largest absolute Gasteiger partial charge is 0.480 e. The molecule has 72 valence electrons. The fraction of sp³-hybridized carbons (Fsp3) is 0.833. The number of hydrogen-bond donors (Lipinski definition) is 3. The third kappa shape index (κ3) is 5.29. The van der Waals surface area contributed by atoms with Gasteiger partial charge in [0.2, 0.25) is 5.75 Å². The zero-order valence-electron chi connectivity index (χ0n) is 6.46. The van der Waals surface area contributed by atoms with Crippen LogP contribution in [0.4, 0.5) is 4.39 Å². The summed E-state index contributed by atoms with van der Waals surface area (Å²) in [7, 11) is 0. The van der Waals surface area contributed by atoms with Crippen LogP contribution in [0.2, 0.25) is 0 Å². The summed E-state index contributed by atoms with van der Waals surface area (Å²) < 4.78 is 12.1. The molecule has 0 rings (SSSR count). The molecule has 0 aromatic carbocycles. The lowest BCUT2D eigenvalue weighted by Crippen LogP contribution is -2.39. The summed E-state index contributed by atoms with van der Waals surface area (Å²) in [5.41, 5.74) is 5.16. The van der Waals surface area contributed by atoms with E-state index in [9.17, 15) is 9.18 Å². The van der Waals surface area contributed by atoms with Gasteiger partial charge >= 0.3 is 5.97 Å². The second-order valence-electron chi connectivity index (χ2n) is 2.29. The third-order valence-corrected chi connectivity index (χ3v) is 1.45. The first-order valence-corrected chi connectivity index (χ1v) is 3.98. The molecule has 0 fully saturated rings. The van der Waals surface area contributed by atoms with Gasteiger partial charge in [0.1, 0.15) is 6.04 Å².